The van der Waals surface area contributed by atoms with Crippen molar-refractivity contribution in [1.29, 1.82) is 0 Å². The van der Waals surface area contributed by atoms with Crippen molar-refractivity contribution in [3.05, 3.63) is 44.2 Å². The predicted molar refractivity (Wildman–Crippen MR) is 103 cm³/mol. The van der Waals surface area contributed by atoms with Crippen molar-refractivity contribution in [2.75, 3.05) is 10.6 Å². The van der Waals surface area contributed by atoms with Gasteiger partial charge >= 0.3 is 6.03 Å². The minimum Gasteiger partial charge on any atom is -0.365 e. The molecule has 0 bridgehead atoms. The minimum absolute atomic E-state index is 0.345. The molecule has 5 nitrogen and oxygen atoms in total. The van der Waals surface area contributed by atoms with Gasteiger partial charge in [-0.3, -0.25) is 10.1 Å². The van der Waals surface area contributed by atoms with E-state index in [4.69, 9.17) is 28.9 Å². The maximum Gasteiger partial charge on any atom is 0.324 e. The Balaban J connectivity index is 1.81. The number of amides is 3. The SMILES string of the molecule is CC1CCc2c(sc(NC(=O)Nc3ccc(Cl)c(Cl)c3)c2C(N)=O)C1. The number of fused-ring (bicyclic) bond motifs is 1. The van der Waals surface area contributed by atoms with E-state index in [-0.39, 0.29) is 0 Å². The first kappa shape index (κ1) is 18.0. The molecule has 0 fully saturated rings. The number of carbonyl (C=O) groups is 2. The molecule has 8 heteroatoms. The van der Waals surface area contributed by atoms with Gasteiger partial charge in [-0.05, 0) is 48.9 Å². The molecule has 1 aromatic heterocycles. The van der Waals surface area contributed by atoms with Gasteiger partial charge in [-0.2, -0.15) is 0 Å². The van der Waals surface area contributed by atoms with E-state index < -0.39 is 11.9 Å². The van der Waals surface area contributed by atoms with Gasteiger partial charge in [0.1, 0.15) is 5.00 Å². The van der Waals surface area contributed by atoms with Gasteiger partial charge in [-0.15, -0.1) is 11.3 Å². The molecule has 0 aliphatic heterocycles. The normalized spacial score (nSPS) is 16.2. The van der Waals surface area contributed by atoms with E-state index >= 15 is 0 Å². The number of halogens is 2. The Bertz CT molecular complexity index is 851. The van der Waals surface area contributed by atoms with Crippen LogP contribution in [0, 0.1) is 5.92 Å². The van der Waals surface area contributed by atoms with Crippen molar-refractivity contribution in [3.63, 3.8) is 0 Å². The minimum atomic E-state index is -0.517. The van der Waals surface area contributed by atoms with Crippen LogP contribution in [0.1, 0.15) is 34.1 Å². The van der Waals surface area contributed by atoms with Crippen LogP contribution in [0.3, 0.4) is 0 Å². The van der Waals surface area contributed by atoms with Crippen LogP contribution in [-0.4, -0.2) is 11.9 Å². The van der Waals surface area contributed by atoms with Gasteiger partial charge in [-0.25, -0.2) is 4.79 Å². The highest BCUT2D eigenvalue weighted by Gasteiger charge is 2.27. The average molecular weight is 398 g/mol. The number of hydrogen-bond donors (Lipinski definition) is 3. The first-order valence-corrected chi connectivity index (χ1v) is 9.39. The second-order valence-corrected chi connectivity index (χ2v) is 8.05. The molecule has 0 radical (unpaired) electrons. The van der Waals surface area contributed by atoms with E-state index in [1.165, 1.54) is 11.3 Å². The summed E-state index contributed by atoms with van der Waals surface area (Å²) >= 11 is 13.2. The van der Waals surface area contributed by atoms with E-state index in [0.29, 0.717) is 32.2 Å². The Morgan fingerprint density at radius 2 is 2.00 bits per heavy atom. The van der Waals surface area contributed by atoms with Gasteiger partial charge in [0.05, 0.1) is 15.6 Å². The fourth-order valence-corrected chi connectivity index (χ4v) is 4.65. The van der Waals surface area contributed by atoms with E-state index in [0.717, 1.165) is 29.7 Å². The standard InChI is InChI=1S/C17H17Cl2N3O2S/c1-8-2-4-10-13(6-8)25-16(14(10)15(20)23)22-17(24)21-9-3-5-11(18)12(19)7-9/h3,5,7-8H,2,4,6H2,1H3,(H2,20,23)(H2,21,22,24). The fourth-order valence-electron chi connectivity index (χ4n) is 2.94. The van der Waals surface area contributed by atoms with Crippen molar-refractivity contribution < 1.29 is 9.59 Å². The monoisotopic (exact) mass is 397 g/mol. The van der Waals surface area contributed by atoms with Crippen LogP contribution in [0.4, 0.5) is 15.5 Å². The Hall–Kier alpha value is -1.76. The zero-order valence-corrected chi connectivity index (χ0v) is 15.8. The van der Waals surface area contributed by atoms with E-state index in [1.807, 2.05) is 0 Å². The number of nitrogens with one attached hydrogen (secondary N) is 2. The molecule has 1 unspecified atom stereocenters. The van der Waals surface area contributed by atoms with Crippen LogP contribution in [-0.2, 0) is 12.8 Å². The van der Waals surface area contributed by atoms with E-state index in [2.05, 4.69) is 17.6 Å². The Kier molecular flexibility index (Phi) is 5.22. The van der Waals surface area contributed by atoms with Crippen LogP contribution in [0.5, 0.6) is 0 Å². The second kappa shape index (κ2) is 7.23. The van der Waals surface area contributed by atoms with Crippen LogP contribution in [0.15, 0.2) is 18.2 Å². The highest BCUT2D eigenvalue weighted by molar-refractivity contribution is 7.17. The lowest BCUT2D eigenvalue weighted by atomic mass is 9.88. The molecular formula is C17H17Cl2N3O2S. The van der Waals surface area contributed by atoms with E-state index in [1.54, 1.807) is 18.2 Å². The summed E-state index contributed by atoms with van der Waals surface area (Å²) in [6, 6.07) is 4.33. The first-order valence-electron chi connectivity index (χ1n) is 7.82. The molecule has 132 valence electrons. The Labute approximate surface area is 159 Å². The fraction of sp³-hybridized carbons (Fsp3) is 0.294. The van der Waals surface area contributed by atoms with Gasteiger partial charge in [-0.1, -0.05) is 30.1 Å². The number of primary amides is 1. The van der Waals surface area contributed by atoms with E-state index in [9.17, 15) is 9.59 Å². The molecule has 2 aromatic rings. The quantitative estimate of drug-likeness (QED) is 0.686. The number of thiophene rings is 1. The topological polar surface area (TPSA) is 84.2 Å². The van der Waals surface area contributed by atoms with Gasteiger partial charge in [0.2, 0.25) is 0 Å². The number of rotatable bonds is 3. The van der Waals surface area contributed by atoms with Gasteiger partial charge in [0.25, 0.3) is 5.91 Å². The lowest BCUT2D eigenvalue weighted by Gasteiger charge is -2.18. The van der Waals surface area contributed by atoms with Gasteiger partial charge < -0.3 is 11.1 Å². The lowest BCUT2D eigenvalue weighted by Crippen LogP contribution is -2.22. The average Bonchev–Trinajstić information content (AvgIpc) is 2.87. The lowest BCUT2D eigenvalue weighted by molar-refractivity contribution is 0.100. The summed E-state index contributed by atoms with van der Waals surface area (Å²) in [7, 11) is 0. The number of benzene rings is 1. The summed E-state index contributed by atoms with van der Waals surface area (Å²) < 4.78 is 0. The Morgan fingerprint density at radius 3 is 2.68 bits per heavy atom. The number of urea groups is 1. The molecule has 1 aromatic carbocycles. The summed E-state index contributed by atoms with van der Waals surface area (Å²) in [5.74, 6) is 0.0432. The Morgan fingerprint density at radius 1 is 1.24 bits per heavy atom. The molecule has 1 aliphatic carbocycles. The zero-order chi connectivity index (χ0) is 18.1. The van der Waals surface area contributed by atoms with Crippen LogP contribution in [0.2, 0.25) is 10.0 Å². The highest BCUT2D eigenvalue weighted by atomic mass is 35.5. The molecule has 0 spiro atoms. The third kappa shape index (κ3) is 3.92. The smallest absolute Gasteiger partial charge is 0.324 e. The van der Waals surface area contributed by atoms with Crippen molar-refractivity contribution in [2.24, 2.45) is 11.7 Å². The first-order chi connectivity index (χ1) is 11.8. The van der Waals surface area contributed by atoms with Crippen molar-refractivity contribution >= 4 is 57.2 Å². The van der Waals surface area contributed by atoms with Crippen LogP contribution < -0.4 is 16.4 Å². The second-order valence-electron chi connectivity index (χ2n) is 6.13. The van der Waals surface area contributed by atoms with Crippen LogP contribution >= 0.6 is 34.5 Å². The summed E-state index contributed by atoms with van der Waals surface area (Å²) in [6.45, 7) is 2.18. The van der Waals surface area contributed by atoms with Crippen molar-refractivity contribution in [3.8, 4) is 0 Å². The molecule has 1 atom stereocenters. The van der Waals surface area contributed by atoms with Crippen LogP contribution in [0.25, 0.3) is 0 Å². The molecule has 0 saturated carbocycles. The summed E-state index contributed by atoms with van der Waals surface area (Å²) in [4.78, 5) is 25.3. The maximum atomic E-state index is 12.3. The molecule has 1 heterocycles. The maximum absolute atomic E-state index is 12.3. The third-order valence-corrected chi connectivity index (χ3v) is 6.07. The van der Waals surface area contributed by atoms with Gasteiger partial charge in [0, 0.05) is 10.6 Å². The number of carbonyl (C=O) groups excluding carboxylic acids is 2. The highest BCUT2D eigenvalue weighted by Crippen LogP contribution is 2.39. The number of anilines is 2. The van der Waals surface area contributed by atoms with Crippen molar-refractivity contribution in [1.82, 2.24) is 0 Å². The molecule has 4 N–H and O–H groups in total. The van der Waals surface area contributed by atoms with Crippen molar-refractivity contribution in [2.45, 2.75) is 26.2 Å². The largest absolute Gasteiger partial charge is 0.365 e. The molecule has 1 aliphatic rings. The summed E-state index contributed by atoms with van der Waals surface area (Å²) in [5, 5.41) is 6.65. The number of nitrogens with two attached hydrogens (primary N) is 1. The number of hydrogen-bond acceptors (Lipinski definition) is 3. The molecule has 25 heavy (non-hydrogen) atoms. The summed E-state index contributed by atoms with van der Waals surface area (Å²) in [6.07, 6.45) is 2.72. The molecular weight excluding hydrogens is 381 g/mol. The molecule has 0 saturated heterocycles. The summed E-state index contributed by atoms with van der Waals surface area (Å²) in [5.41, 5.74) is 7.45. The predicted octanol–water partition coefficient (Wildman–Crippen LogP) is 4.92. The third-order valence-electron chi connectivity index (χ3n) is 4.16. The molecule has 3 amide bonds. The van der Waals surface area contributed by atoms with Gasteiger partial charge in [0.15, 0.2) is 0 Å². The molecule has 3 rings (SSSR count). The zero-order valence-electron chi connectivity index (χ0n) is 13.5.